The number of carbonyl (C=O) groups excluding carboxylic acids is 1. The maximum Gasteiger partial charge on any atom is 0.248 e. The van der Waals surface area contributed by atoms with Gasteiger partial charge in [-0.15, -0.1) is 0 Å². The number of nitrogens with two attached hydrogens (primary N) is 1. The molecular formula is C29H27ClN8O3. The van der Waals surface area contributed by atoms with Crippen molar-refractivity contribution in [2.75, 3.05) is 38.4 Å². The number of aromatic nitrogens is 2. The molecule has 41 heavy (non-hydrogen) atoms. The summed E-state index contributed by atoms with van der Waals surface area (Å²) in [6.07, 6.45) is 7.37. The lowest BCUT2D eigenvalue weighted by Gasteiger charge is -2.16. The first kappa shape index (κ1) is 28.8. The highest BCUT2D eigenvalue weighted by atomic mass is 35.5. The molecule has 4 aromatic rings. The summed E-state index contributed by atoms with van der Waals surface area (Å²) >= 11 is 6.61. The number of aliphatic imine (C=N–C) groups is 1. The van der Waals surface area contributed by atoms with E-state index < -0.39 is 0 Å². The molecule has 0 spiro atoms. The fourth-order valence-corrected chi connectivity index (χ4v) is 4.01. The smallest absolute Gasteiger partial charge is 0.248 e. The number of nitrogens with one attached hydrogen (secondary N) is 2. The van der Waals surface area contributed by atoms with Gasteiger partial charge in [-0.25, -0.2) is 9.98 Å². The number of nitriles is 1. The Morgan fingerprint density at radius 2 is 1.98 bits per heavy atom. The molecule has 2 heterocycles. The Hall–Kier alpha value is -5.18. The number of carbonyl (C=O) groups is 1. The van der Waals surface area contributed by atoms with Crippen LogP contribution in [0.25, 0.3) is 10.9 Å². The van der Waals surface area contributed by atoms with Crippen molar-refractivity contribution in [2.24, 2.45) is 10.7 Å². The van der Waals surface area contributed by atoms with E-state index in [4.69, 9.17) is 26.8 Å². The molecule has 0 unspecified atom stereocenters. The number of rotatable bonds is 10. The maximum absolute atomic E-state index is 12.6. The Labute approximate surface area is 241 Å². The van der Waals surface area contributed by atoms with Gasteiger partial charge in [0.25, 0.3) is 0 Å². The van der Waals surface area contributed by atoms with Crippen LogP contribution in [-0.2, 0) is 4.79 Å². The third-order valence-electron chi connectivity index (χ3n) is 5.67. The number of hydrogen-bond acceptors (Lipinski definition) is 9. The number of likely N-dealkylation sites (N-methyl/N-ethyl adjacent to an activating group) is 1. The summed E-state index contributed by atoms with van der Waals surface area (Å²) in [6.45, 7) is 0.614. The second kappa shape index (κ2) is 13.3. The molecule has 11 nitrogen and oxygen atoms in total. The molecule has 0 aliphatic rings. The molecule has 0 aliphatic carbocycles. The van der Waals surface area contributed by atoms with Crippen LogP contribution in [0.3, 0.4) is 0 Å². The predicted molar refractivity (Wildman–Crippen MR) is 161 cm³/mol. The van der Waals surface area contributed by atoms with Crippen LogP contribution in [0.4, 0.5) is 22.9 Å². The Kier molecular flexibility index (Phi) is 9.32. The lowest BCUT2D eigenvalue weighted by Crippen LogP contribution is -2.13. The third kappa shape index (κ3) is 7.27. The van der Waals surface area contributed by atoms with E-state index in [2.05, 4.69) is 31.7 Å². The van der Waals surface area contributed by atoms with E-state index in [1.54, 1.807) is 54.7 Å². The number of pyridine rings is 2. The largest absolute Gasteiger partial charge is 0.494 e. The molecule has 0 fully saturated rings. The van der Waals surface area contributed by atoms with Gasteiger partial charge in [-0.2, -0.15) is 5.26 Å². The molecule has 0 saturated heterocycles. The number of nitrogens with zero attached hydrogens (tertiary/aromatic N) is 5. The molecule has 2 aromatic carbocycles. The molecule has 4 rings (SSSR count). The van der Waals surface area contributed by atoms with Crippen LogP contribution in [0, 0.1) is 11.3 Å². The maximum atomic E-state index is 12.6. The number of methoxy groups -OCH3 is 1. The first-order chi connectivity index (χ1) is 19.8. The fourth-order valence-electron chi connectivity index (χ4n) is 3.79. The van der Waals surface area contributed by atoms with Crippen LogP contribution < -0.4 is 25.8 Å². The van der Waals surface area contributed by atoms with Crippen LogP contribution in [-0.4, -0.2) is 54.9 Å². The minimum absolute atomic E-state index is 0.284. The molecule has 0 atom stereocenters. The monoisotopic (exact) mass is 570 g/mol. The van der Waals surface area contributed by atoms with Crippen LogP contribution in [0.2, 0.25) is 5.02 Å². The van der Waals surface area contributed by atoms with E-state index in [1.165, 1.54) is 19.4 Å². The second-order valence-electron chi connectivity index (χ2n) is 8.88. The van der Waals surface area contributed by atoms with Crippen molar-refractivity contribution in [3.8, 4) is 23.3 Å². The van der Waals surface area contributed by atoms with Crippen molar-refractivity contribution in [3.05, 3.63) is 77.6 Å². The second-order valence-corrected chi connectivity index (χ2v) is 9.29. The van der Waals surface area contributed by atoms with Crippen LogP contribution in [0.1, 0.15) is 5.56 Å². The van der Waals surface area contributed by atoms with Gasteiger partial charge in [0.15, 0.2) is 5.82 Å². The van der Waals surface area contributed by atoms with E-state index in [9.17, 15) is 10.1 Å². The molecule has 0 bridgehead atoms. The zero-order valence-electron chi connectivity index (χ0n) is 22.6. The first-order valence-electron chi connectivity index (χ1n) is 12.3. The zero-order chi connectivity index (χ0) is 29.4. The average molecular weight is 571 g/mol. The molecule has 2 aromatic heterocycles. The van der Waals surface area contributed by atoms with Gasteiger partial charge in [-0.1, -0.05) is 17.7 Å². The zero-order valence-corrected chi connectivity index (χ0v) is 23.3. The minimum atomic E-state index is -0.321. The predicted octanol–water partition coefficient (Wildman–Crippen LogP) is 5.37. The number of benzene rings is 2. The summed E-state index contributed by atoms with van der Waals surface area (Å²) in [7, 11) is 5.32. The van der Waals surface area contributed by atoms with E-state index in [0.717, 1.165) is 6.34 Å². The highest BCUT2D eigenvalue weighted by molar-refractivity contribution is 6.33. The first-order valence-corrected chi connectivity index (χ1v) is 12.7. The fraction of sp³-hybridized carbons (Fsp3) is 0.138. The van der Waals surface area contributed by atoms with E-state index in [0.29, 0.717) is 62.6 Å². The third-order valence-corrected chi connectivity index (χ3v) is 5.98. The Balaban J connectivity index is 1.66. The molecule has 4 N–H and O–H groups in total. The summed E-state index contributed by atoms with van der Waals surface area (Å²) in [6, 6.07) is 14.0. The molecule has 0 aliphatic heterocycles. The molecule has 0 saturated carbocycles. The Bertz CT molecular complexity index is 1680. The van der Waals surface area contributed by atoms with Crippen molar-refractivity contribution in [1.29, 1.82) is 5.26 Å². The Morgan fingerprint density at radius 3 is 2.68 bits per heavy atom. The molecule has 208 valence electrons. The summed E-state index contributed by atoms with van der Waals surface area (Å²) in [5, 5.41) is 16.9. The summed E-state index contributed by atoms with van der Waals surface area (Å²) in [5.41, 5.74) is 7.59. The van der Waals surface area contributed by atoms with Gasteiger partial charge in [0.2, 0.25) is 5.91 Å². The Morgan fingerprint density at radius 1 is 1.17 bits per heavy atom. The SMILES string of the molecule is COc1cc2ncc(C#N)c(Nc3ccc(Oc4ccnc(N=CN)c4)cc3Cl)c2cc1NC(=O)/C=C/CN(C)C. The van der Waals surface area contributed by atoms with Crippen molar-refractivity contribution in [3.63, 3.8) is 0 Å². The number of ether oxygens (including phenoxy) is 2. The summed E-state index contributed by atoms with van der Waals surface area (Å²) in [5.74, 6) is 1.49. The molecular weight excluding hydrogens is 544 g/mol. The van der Waals surface area contributed by atoms with Gasteiger partial charge in [-0.05, 0) is 38.4 Å². The quantitative estimate of drug-likeness (QED) is 0.130. The lowest BCUT2D eigenvalue weighted by atomic mass is 10.1. The number of amides is 1. The number of fused-ring (bicyclic) bond motifs is 1. The molecule has 12 heteroatoms. The van der Waals surface area contributed by atoms with Gasteiger partial charge in [0.1, 0.15) is 23.3 Å². The minimum Gasteiger partial charge on any atom is -0.494 e. The van der Waals surface area contributed by atoms with E-state index in [-0.39, 0.29) is 11.5 Å². The summed E-state index contributed by atoms with van der Waals surface area (Å²) < 4.78 is 11.4. The molecule has 1 amide bonds. The van der Waals surface area contributed by atoms with Crippen molar-refractivity contribution < 1.29 is 14.3 Å². The number of halogens is 1. The highest BCUT2D eigenvalue weighted by Crippen LogP contribution is 2.38. The van der Waals surface area contributed by atoms with Crippen LogP contribution in [0.15, 0.2) is 72.0 Å². The van der Waals surface area contributed by atoms with Crippen molar-refractivity contribution >= 4 is 57.6 Å². The van der Waals surface area contributed by atoms with Gasteiger partial charge in [0, 0.05) is 48.6 Å². The van der Waals surface area contributed by atoms with Crippen molar-refractivity contribution in [1.82, 2.24) is 14.9 Å². The average Bonchev–Trinajstić information content (AvgIpc) is 2.94. The number of hydrogen-bond donors (Lipinski definition) is 3. The number of anilines is 3. The van der Waals surface area contributed by atoms with Gasteiger partial charge < -0.3 is 30.7 Å². The van der Waals surface area contributed by atoms with Crippen LogP contribution >= 0.6 is 11.6 Å². The summed E-state index contributed by atoms with van der Waals surface area (Å²) in [4.78, 5) is 26.9. The van der Waals surface area contributed by atoms with Crippen LogP contribution in [0.5, 0.6) is 17.2 Å². The topological polar surface area (TPSA) is 151 Å². The van der Waals surface area contributed by atoms with E-state index in [1.807, 2.05) is 19.0 Å². The van der Waals surface area contributed by atoms with Gasteiger partial charge in [-0.3, -0.25) is 9.78 Å². The lowest BCUT2D eigenvalue weighted by molar-refractivity contribution is -0.111. The van der Waals surface area contributed by atoms with Gasteiger partial charge in [0.05, 0.1) is 46.6 Å². The highest BCUT2D eigenvalue weighted by Gasteiger charge is 2.16. The van der Waals surface area contributed by atoms with E-state index >= 15 is 0 Å². The van der Waals surface area contributed by atoms with Crippen molar-refractivity contribution in [2.45, 2.75) is 0 Å². The van der Waals surface area contributed by atoms with Gasteiger partial charge >= 0.3 is 0 Å². The molecule has 0 radical (unpaired) electrons. The normalized spacial score (nSPS) is 11.2. The standard InChI is InChI=1S/C29H27ClN8O3/c1-38(2)10-4-5-28(39)36-25-13-21-24(14-26(25)40-3)34-16-18(15-31)29(21)37-23-7-6-19(11-22(23)30)41-20-8-9-33-27(12-20)35-17-32/h4-9,11-14,16-17H,10H2,1-3H3,(H,34,37)(H,36,39)(H2,32,33,35)/b5-4+.